The number of rotatable bonds is 3. The standard InChI is InChI=1S/C9H11BrFNO/c1-13-5-9(12)7-3-2-6(11)4-8(7)10/h2-4,9H,5,12H2,1H3/t9-/m1/s1. The van der Waals surface area contributed by atoms with Gasteiger partial charge in [-0.15, -0.1) is 0 Å². The van der Waals surface area contributed by atoms with Crippen LogP contribution in [-0.2, 0) is 4.74 Å². The normalized spacial score (nSPS) is 12.9. The fourth-order valence-corrected chi connectivity index (χ4v) is 1.72. The molecule has 4 heteroatoms. The van der Waals surface area contributed by atoms with Crippen molar-refractivity contribution in [2.24, 2.45) is 5.73 Å². The average molecular weight is 248 g/mol. The van der Waals surface area contributed by atoms with Gasteiger partial charge in [0.25, 0.3) is 0 Å². The highest BCUT2D eigenvalue weighted by Crippen LogP contribution is 2.22. The Morgan fingerprint density at radius 1 is 1.62 bits per heavy atom. The van der Waals surface area contributed by atoms with Crippen LogP contribution in [0, 0.1) is 5.82 Å². The Morgan fingerprint density at radius 2 is 2.31 bits per heavy atom. The first kappa shape index (κ1) is 10.6. The minimum Gasteiger partial charge on any atom is -0.383 e. The summed E-state index contributed by atoms with van der Waals surface area (Å²) in [7, 11) is 1.58. The third kappa shape index (κ3) is 2.76. The van der Waals surface area contributed by atoms with E-state index in [0.29, 0.717) is 11.1 Å². The van der Waals surface area contributed by atoms with Crippen LogP contribution in [0.25, 0.3) is 0 Å². The summed E-state index contributed by atoms with van der Waals surface area (Å²) in [6.07, 6.45) is 0. The third-order valence-electron chi connectivity index (χ3n) is 1.71. The average Bonchev–Trinajstić information content (AvgIpc) is 2.04. The molecule has 0 saturated heterocycles. The summed E-state index contributed by atoms with van der Waals surface area (Å²) in [5.41, 5.74) is 6.63. The third-order valence-corrected chi connectivity index (χ3v) is 2.39. The lowest BCUT2D eigenvalue weighted by Gasteiger charge is -2.12. The van der Waals surface area contributed by atoms with Crippen molar-refractivity contribution in [2.75, 3.05) is 13.7 Å². The quantitative estimate of drug-likeness (QED) is 0.890. The van der Waals surface area contributed by atoms with Gasteiger partial charge in [0.1, 0.15) is 5.82 Å². The fraction of sp³-hybridized carbons (Fsp3) is 0.333. The molecular formula is C9H11BrFNO. The fourth-order valence-electron chi connectivity index (χ4n) is 1.07. The van der Waals surface area contributed by atoms with Gasteiger partial charge in [-0.2, -0.15) is 0 Å². The summed E-state index contributed by atoms with van der Waals surface area (Å²) >= 11 is 3.24. The molecule has 0 aliphatic heterocycles. The molecule has 0 aliphatic carbocycles. The molecule has 1 aromatic rings. The van der Waals surface area contributed by atoms with Gasteiger partial charge >= 0.3 is 0 Å². The summed E-state index contributed by atoms with van der Waals surface area (Å²) in [6, 6.07) is 4.21. The number of ether oxygens (including phenoxy) is 1. The van der Waals surface area contributed by atoms with Crippen LogP contribution in [0.4, 0.5) is 4.39 Å². The second-order valence-electron chi connectivity index (χ2n) is 2.73. The van der Waals surface area contributed by atoms with Gasteiger partial charge in [-0.1, -0.05) is 22.0 Å². The van der Waals surface area contributed by atoms with Crippen molar-refractivity contribution in [3.63, 3.8) is 0 Å². The zero-order valence-electron chi connectivity index (χ0n) is 7.26. The molecule has 0 bridgehead atoms. The Bertz CT molecular complexity index is 293. The van der Waals surface area contributed by atoms with Crippen LogP contribution in [0.3, 0.4) is 0 Å². The van der Waals surface area contributed by atoms with Crippen LogP contribution in [0.15, 0.2) is 22.7 Å². The number of nitrogens with two attached hydrogens (primary N) is 1. The van der Waals surface area contributed by atoms with Gasteiger partial charge < -0.3 is 10.5 Å². The van der Waals surface area contributed by atoms with Gasteiger partial charge in [0, 0.05) is 11.6 Å². The lowest BCUT2D eigenvalue weighted by molar-refractivity contribution is 0.180. The lowest BCUT2D eigenvalue weighted by Crippen LogP contribution is -2.16. The van der Waals surface area contributed by atoms with Crippen molar-refractivity contribution in [3.8, 4) is 0 Å². The molecule has 1 atom stereocenters. The van der Waals surface area contributed by atoms with Crippen molar-refractivity contribution in [1.82, 2.24) is 0 Å². The highest BCUT2D eigenvalue weighted by Gasteiger charge is 2.09. The Kier molecular flexibility index (Phi) is 3.84. The highest BCUT2D eigenvalue weighted by molar-refractivity contribution is 9.10. The molecule has 0 unspecified atom stereocenters. The van der Waals surface area contributed by atoms with E-state index in [-0.39, 0.29) is 11.9 Å². The minimum atomic E-state index is -0.278. The summed E-state index contributed by atoms with van der Waals surface area (Å²) in [6.45, 7) is 0.421. The number of hydrogen-bond acceptors (Lipinski definition) is 2. The number of benzene rings is 1. The molecule has 0 aromatic heterocycles. The summed E-state index contributed by atoms with van der Waals surface area (Å²) in [5.74, 6) is -0.278. The molecule has 2 N–H and O–H groups in total. The molecular weight excluding hydrogens is 237 g/mol. The maximum absolute atomic E-state index is 12.7. The van der Waals surface area contributed by atoms with E-state index in [1.165, 1.54) is 12.1 Å². The van der Waals surface area contributed by atoms with E-state index in [9.17, 15) is 4.39 Å². The Labute approximate surface area is 85.0 Å². The van der Waals surface area contributed by atoms with Crippen LogP contribution in [-0.4, -0.2) is 13.7 Å². The maximum Gasteiger partial charge on any atom is 0.124 e. The zero-order valence-corrected chi connectivity index (χ0v) is 8.84. The van der Waals surface area contributed by atoms with Gasteiger partial charge in [0.15, 0.2) is 0 Å². The largest absolute Gasteiger partial charge is 0.383 e. The van der Waals surface area contributed by atoms with Crippen LogP contribution < -0.4 is 5.73 Å². The van der Waals surface area contributed by atoms with Crippen molar-refractivity contribution in [3.05, 3.63) is 34.1 Å². The van der Waals surface area contributed by atoms with E-state index >= 15 is 0 Å². The van der Waals surface area contributed by atoms with E-state index < -0.39 is 0 Å². The van der Waals surface area contributed by atoms with Crippen molar-refractivity contribution in [2.45, 2.75) is 6.04 Å². The van der Waals surface area contributed by atoms with E-state index in [2.05, 4.69) is 15.9 Å². The van der Waals surface area contributed by atoms with Crippen molar-refractivity contribution >= 4 is 15.9 Å². The van der Waals surface area contributed by atoms with Gasteiger partial charge in [0.05, 0.1) is 12.6 Å². The van der Waals surface area contributed by atoms with Gasteiger partial charge in [0.2, 0.25) is 0 Å². The highest BCUT2D eigenvalue weighted by atomic mass is 79.9. The Morgan fingerprint density at radius 3 is 2.85 bits per heavy atom. The molecule has 0 heterocycles. The molecule has 0 saturated carbocycles. The maximum atomic E-state index is 12.7. The van der Waals surface area contributed by atoms with E-state index in [0.717, 1.165) is 5.56 Å². The predicted molar refractivity (Wildman–Crippen MR) is 52.9 cm³/mol. The molecule has 0 fully saturated rings. The van der Waals surface area contributed by atoms with Gasteiger partial charge in [-0.25, -0.2) is 4.39 Å². The molecule has 1 aromatic carbocycles. The summed E-state index contributed by atoms with van der Waals surface area (Å²) in [4.78, 5) is 0. The second-order valence-corrected chi connectivity index (χ2v) is 3.58. The zero-order chi connectivity index (χ0) is 9.84. The number of halogens is 2. The predicted octanol–water partition coefficient (Wildman–Crippen LogP) is 2.23. The molecule has 72 valence electrons. The van der Waals surface area contributed by atoms with Crippen LogP contribution in [0.2, 0.25) is 0 Å². The van der Waals surface area contributed by atoms with Gasteiger partial charge in [-0.3, -0.25) is 0 Å². The number of hydrogen-bond donors (Lipinski definition) is 1. The first-order valence-corrected chi connectivity index (χ1v) is 4.64. The second kappa shape index (κ2) is 4.69. The van der Waals surface area contributed by atoms with E-state index in [1.54, 1.807) is 13.2 Å². The SMILES string of the molecule is COC[C@@H](N)c1ccc(F)cc1Br. The lowest BCUT2D eigenvalue weighted by atomic mass is 10.1. The van der Waals surface area contributed by atoms with Crippen molar-refractivity contribution in [1.29, 1.82) is 0 Å². The van der Waals surface area contributed by atoms with Crippen LogP contribution in [0.1, 0.15) is 11.6 Å². The minimum absolute atomic E-state index is 0.222. The van der Waals surface area contributed by atoms with Crippen molar-refractivity contribution < 1.29 is 9.13 Å². The first-order valence-electron chi connectivity index (χ1n) is 3.84. The van der Waals surface area contributed by atoms with E-state index in [4.69, 9.17) is 10.5 Å². The topological polar surface area (TPSA) is 35.2 Å². The first-order chi connectivity index (χ1) is 6.15. The van der Waals surface area contributed by atoms with Gasteiger partial charge in [-0.05, 0) is 17.7 Å². The van der Waals surface area contributed by atoms with E-state index in [1.807, 2.05) is 0 Å². The number of methoxy groups -OCH3 is 1. The van der Waals surface area contributed by atoms with Crippen LogP contribution >= 0.6 is 15.9 Å². The smallest absolute Gasteiger partial charge is 0.124 e. The Balaban J connectivity index is 2.88. The molecule has 0 aliphatic rings. The molecule has 13 heavy (non-hydrogen) atoms. The monoisotopic (exact) mass is 247 g/mol. The van der Waals surface area contributed by atoms with Crippen LogP contribution in [0.5, 0.6) is 0 Å². The molecule has 0 radical (unpaired) electrons. The summed E-state index contributed by atoms with van der Waals surface area (Å²) < 4.78 is 18.3. The Hall–Kier alpha value is -0.450. The molecule has 1 rings (SSSR count). The molecule has 2 nitrogen and oxygen atoms in total. The summed E-state index contributed by atoms with van der Waals surface area (Å²) in [5, 5.41) is 0. The molecule has 0 spiro atoms. The molecule has 0 amide bonds.